The van der Waals surface area contributed by atoms with Gasteiger partial charge in [0, 0.05) is 0 Å². The van der Waals surface area contributed by atoms with Crippen molar-refractivity contribution >= 4 is 11.6 Å². The molecule has 0 aliphatic rings. The Morgan fingerprint density at radius 3 is 2.11 bits per heavy atom. The van der Waals surface area contributed by atoms with Crippen molar-refractivity contribution in [2.24, 2.45) is 5.18 Å². The van der Waals surface area contributed by atoms with Crippen LogP contribution in [0.2, 0.25) is 0 Å². The fourth-order valence-corrected chi connectivity index (χ4v) is 0.893. The zero-order valence-electron chi connectivity index (χ0n) is 5.80. The van der Waals surface area contributed by atoms with Crippen molar-refractivity contribution in [2.45, 2.75) is 38.1 Å². The fraction of sp³-hybridized carbons (Fsp3) is 1.00. The quantitative estimate of drug-likeness (QED) is 0.446. The van der Waals surface area contributed by atoms with E-state index in [0.717, 1.165) is 12.8 Å². The highest BCUT2D eigenvalue weighted by molar-refractivity contribution is 6.21. The summed E-state index contributed by atoms with van der Waals surface area (Å²) in [5.41, 5.74) is 0. The zero-order valence-corrected chi connectivity index (χ0v) is 6.56. The second-order valence-electron chi connectivity index (χ2n) is 2.01. The second-order valence-corrected chi connectivity index (χ2v) is 2.57. The van der Waals surface area contributed by atoms with Crippen LogP contribution in [-0.4, -0.2) is 11.4 Å². The van der Waals surface area contributed by atoms with Crippen molar-refractivity contribution in [1.82, 2.24) is 0 Å². The molecule has 0 saturated heterocycles. The van der Waals surface area contributed by atoms with Gasteiger partial charge in [-0.25, -0.2) is 0 Å². The molecule has 0 saturated carbocycles. The lowest BCUT2D eigenvalue weighted by molar-refractivity contribution is 0.593. The lowest BCUT2D eigenvalue weighted by Crippen LogP contribution is -2.15. The Bertz CT molecular complexity index is 87.1. The number of hydrogen-bond donors (Lipinski definition) is 0. The minimum absolute atomic E-state index is 0.0764. The van der Waals surface area contributed by atoms with Gasteiger partial charge in [-0.1, -0.05) is 19.0 Å². The molecule has 9 heavy (non-hydrogen) atoms. The van der Waals surface area contributed by atoms with Crippen molar-refractivity contribution in [1.29, 1.82) is 0 Å². The van der Waals surface area contributed by atoms with Crippen molar-refractivity contribution in [3.8, 4) is 0 Å². The third-order valence-corrected chi connectivity index (χ3v) is 1.96. The smallest absolute Gasteiger partial charge is 0.108 e. The van der Waals surface area contributed by atoms with Crippen molar-refractivity contribution in [3.05, 3.63) is 4.91 Å². The molecule has 2 atom stereocenters. The van der Waals surface area contributed by atoms with Gasteiger partial charge in [-0.15, -0.1) is 11.6 Å². The standard InChI is InChI=1S/C6H12ClNO/c1-3-5(7)6(4-2)8-9/h5-6H,3-4H2,1-2H3. The van der Waals surface area contributed by atoms with Crippen LogP contribution in [0.4, 0.5) is 0 Å². The molecular formula is C6H12ClNO. The maximum Gasteiger partial charge on any atom is 0.108 e. The van der Waals surface area contributed by atoms with Gasteiger partial charge in [-0.05, 0) is 12.8 Å². The third kappa shape index (κ3) is 2.80. The van der Waals surface area contributed by atoms with Gasteiger partial charge in [0.2, 0.25) is 0 Å². The molecule has 0 spiro atoms. The highest BCUT2D eigenvalue weighted by Crippen LogP contribution is 2.12. The van der Waals surface area contributed by atoms with Gasteiger partial charge >= 0.3 is 0 Å². The molecule has 2 nitrogen and oxygen atoms in total. The van der Waals surface area contributed by atoms with E-state index in [-0.39, 0.29) is 11.4 Å². The summed E-state index contributed by atoms with van der Waals surface area (Å²) in [6.45, 7) is 3.86. The Morgan fingerprint density at radius 1 is 1.44 bits per heavy atom. The summed E-state index contributed by atoms with van der Waals surface area (Å²) in [4.78, 5) is 10.0. The Hall–Kier alpha value is -0.110. The Balaban J connectivity index is 3.63. The van der Waals surface area contributed by atoms with Crippen LogP contribution in [-0.2, 0) is 0 Å². The van der Waals surface area contributed by atoms with Crippen LogP contribution in [0.1, 0.15) is 26.7 Å². The van der Waals surface area contributed by atoms with Crippen LogP contribution in [0.5, 0.6) is 0 Å². The molecule has 0 amide bonds. The van der Waals surface area contributed by atoms with Gasteiger partial charge in [0.15, 0.2) is 0 Å². The summed E-state index contributed by atoms with van der Waals surface area (Å²) in [5, 5.41) is 2.82. The van der Waals surface area contributed by atoms with E-state index in [9.17, 15) is 4.91 Å². The van der Waals surface area contributed by atoms with Gasteiger partial charge < -0.3 is 0 Å². The number of hydrogen-bond acceptors (Lipinski definition) is 2. The largest absolute Gasteiger partial charge is 0.150 e. The van der Waals surface area contributed by atoms with Crippen LogP contribution < -0.4 is 0 Å². The summed E-state index contributed by atoms with van der Waals surface area (Å²) in [5.74, 6) is 0. The van der Waals surface area contributed by atoms with E-state index in [1.54, 1.807) is 0 Å². The monoisotopic (exact) mass is 149 g/mol. The van der Waals surface area contributed by atoms with Crippen molar-refractivity contribution in [3.63, 3.8) is 0 Å². The number of nitrogens with zero attached hydrogens (tertiary/aromatic N) is 1. The van der Waals surface area contributed by atoms with E-state index in [0.29, 0.717) is 0 Å². The first kappa shape index (κ1) is 8.89. The second kappa shape index (κ2) is 4.74. The maximum atomic E-state index is 10.0. The lowest BCUT2D eigenvalue weighted by Gasteiger charge is -2.09. The average Bonchev–Trinajstić information content (AvgIpc) is 1.90. The van der Waals surface area contributed by atoms with Crippen molar-refractivity contribution < 1.29 is 0 Å². The summed E-state index contributed by atoms with van der Waals surface area (Å²) in [7, 11) is 0. The predicted molar refractivity (Wildman–Crippen MR) is 39.8 cm³/mol. The first-order valence-corrected chi connectivity index (χ1v) is 3.66. The van der Waals surface area contributed by atoms with Crippen LogP contribution in [0.3, 0.4) is 0 Å². The van der Waals surface area contributed by atoms with E-state index < -0.39 is 0 Å². The minimum Gasteiger partial charge on any atom is -0.150 e. The number of halogens is 1. The van der Waals surface area contributed by atoms with Crippen LogP contribution in [0.25, 0.3) is 0 Å². The fourth-order valence-electron chi connectivity index (χ4n) is 0.668. The lowest BCUT2D eigenvalue weighted by atomic mass is 10.1. The molecule has 2 unspecified atom stereocenters. The Labute approximate surface area is 60.6 Å². The van der Waals surface area contributed by atoms with Gasteiger partial charge in [-0.2, -0.15) is 4.91 Å². The molecule has 0 aromatic rings. The van der Waals surface area contributed by atoms with Crippen molar-refractivity contribution in [2.75, 3.05) is 0 Å². The first-order valence-electron chi connectivity index (χ1n) is 3.22. The van der Waals surface area contributed by atoms with Crippen LogP contribution in [0, 0.1) is 4.91 Å². The van der Waals surface area contributed by atoms with E-state index in [1.807, 2.05) is 13.8 Å². The summed E-state index contributed by atoms with van der Waals surface area (Å²) < 4.78 is 0. The molecule has 0 heterocycles. The van der Waals surface area contributed by atoms with Crippen LogP contribution in [0.15, 0.2) is 5.18 Å². The summed E-state index contributed by atoms with van der Waals surface area (Å²) >= 11 is 5.74. The predicted octanol–water partition coefficient (Wildman–Crippen LogP) is 2.55. The number of nitroso groups, excluding NO2 is 1. The summed E-state index contributed by atoms with van der Waals surface area (Å²) in [6.07, 6.45) is 1.55. The molecule has 3 heteroatoms. The SMILES string of the molecule is CCC(Cl)C(CC)N=O. The minimum atomic E-state index is -0.198. The zero-order chi connectivity index (χ0) is 7.28. The van der Waals surface area contributed by atoms with Gasteiger partial charge in [0.05, 0.1) is 5.38 Å². The first-order chi connectivity index (χ1) is 4.26. The van der Waals surface area contributed by atoms with Gasteiger partial charge in [0.1, 0.15) is 6.04 Å². The molecule has 54 valence electrons. The highest BCUT2D eigenvalue weighted by Gasteiger charge is 2.14. The number of rotatable bonds is 4. The Kier molecular flexibility index (Phi) is 4.68. The molecule has 0 bridgehead atoms. The average molecular weight is 150 g/mol. The molecule has 0 aliphatic carbocycles. The van der Waals surface area contributed by atoms with E-state index >= 15 is 0 Å². The highest BCUT2D eigenvalue weighted by atomic mass is 35.5. The number of alkyl halides is 1. The summed E-state index contributed by atoms with van der Waals surface area (Å²) in [6, 6.07) is -0.198. The Morgan fingerprint density at radius 2 is 2.00 bits per heavy atom. The molecule has 0 radical (unpaired) electrons. The van der Waals surface area contributed by atoms with E-state index in [2.05, 4.69) is 5.18 Å². The molecule has 0 aromatic heterocycles. The van der Waals surface area contributed by atoms with Gasteiger partial charge in [0.25, 0.3) is 0 Å². The van der Waals surface area contributed by atoms with E-state index in [1.165, 1.54) is 0 Å². The van der Waals surface area contributed by atoms with E-state index in [4.69, 9.17) is 11.6 Å². The molecule has 0 N–H and O–H groups in total. The molecule has 0 fully saturated rings. The molecule has 0 rings (SSSR count). The maximum absolute atomic E-state index is 10.0. The molecule has 0 aromatic carbocycles. The molecular weight excluding hydrogens is 138 g/mol. The topological polar surface area (TPSA) is 29.4 Å². The third-order valence-electron chi connectivity index (χ3n) is 1.36. The molecule has 0 aliphatic heterocycles. The van der Waals surface area contributed by atoms with Crippen LogP contribution >= 0.6 is 11.6 Å². The normalized spacial score (nSPS) is 16.8. The van der Waals surface area contributed by atoms with Gasteiger partial charge in [-0.3, -0.25) is 0 Å².